The van der Waals surface area contributed by atoms with Gasteiger partial charge in [-0.1, -0.05) is 18.2 Å². The number of ether oxygens (including phenoxy) is 1. The number of guanidine groups is 1. The van der Waals surface area contributed by atoms with E-state index in [1.54, 1.807) is 29.9 Å². The van der Waals surface area contributed by atoms with Gasteiger partial charge in [-0.25, -0.2) is 0 Å². The van der Waals surface area contributed by atoms with Crippen molar-refractivity contribution in [1.82, 2.24) is 20.0 Å². The lowest BCUT2D eigenvalue weighted by Gasteiger charge is -2.35. The quantitative estimate of drug-likeness (QED) is 0.530. The van der Waals surface area contributed by atoms with E-state index in [9.17, 15) is 4.79 Å². The van der Waals surface area contributed by atoms with E-state index in [4.69, 9.17) is 4.74 Å². The van der Waals surface area contributed by atoms with Crippen molar-refractivity contribution >= 4 is 28.3 Å². The van der Waals surface area contributed by atoms with Crippen molar-refractivity contribution in [2.45, 2.75) is 6.54 Å². The lowest BCUT2D eigenvalue weighted by Crippen LogP contribution is -2.55. The van der Waals surface area contributed by atoms with Crippen LogP contribution in [0.25, 0.3) is 10.8 Å². The minimum atomic E-state index is 0.0388. The number of nitrogens with zero attached hydrogens (tertiary/aromatic N) is 5. The second kappa shape index (κ2) is 8.44. The van der Waals surface area contributed by atoms with E-state index in [-0.39, 0.29) is 12.5 Å². The first kappa shape index (κ1) is 19.8. The molecule has 0 spiro atoms. The number of methoxy groups -OCH3 is 1. The van der Waals surface area contributed by atoms with E-state index in [2.05, 4.69) is 39.7 Å². The fourth-order valence-electron chi connectivity index (χ4n) is 3.70. The van der Waals surface area contributed by atoms with Crippen LogP contribution in [0.2, 0.25) is 0 Å². The molecule has 0 unspecified atom stereocenters. The number of fused-ring (bicyclic) bond motifs is 1. The smallest absolute Gasteiger partial charge is 0.246 e. The molecule has 3 aromatic rings. The zero-order chi connectivity index (χ0) is 21.1. The van der Waals surface area contributed by atoms with Gasteiger partial charge in [0.15, 0.2) is 5.96 Å². The van der Waals surface area contributed by atoms with Crippen LogP contribution in [0, 0.1) is 0 Å². The average molecular weight is 406 g/mol. The van der Waals surface area contributed by atoms with Crippen LogP contribution in [-0.4, -0.2) is 60.3 Å². The summed E-state index contributed by atoms with van der Waals surface area (Å²) in [7, 11) is 5.26. The van der Waals surface area contributed by atoms with Gasteiger partial charge in [0.1, 0.15) is 12.3 Å². The van der Waals surface area contributed by atoms with E-state index in [0.29, 0.717) is 19.6 Å². The monoisotopic (exact) mass is 406 g/mol. The Bertz CT molecular complexity index is 1090. The Morgan fingerprint density at radius 1 is 1.20 bits per heavy atom. The van der Waals surface area contributed by atoms with E-state index in [0.717, 1.165) is 33.7 Å². The van der Waals surface area contributed by atoms with Crippen LogP contribution >= 0.6 is 0 Å². The first-order valence-corrected chi connectivity index (χ1v) is 9.88. The number of rotatable bonds is 4. The lowest BCUT2D eigenvalue weighted by atomic mass is 10.1. The fraction of sp³-hybridized carbons (Fsp3) is 0.318. The Kier molecular flexibility index (Phi) is 5.56. The summed E-state index contributed by atoms with van der Waals surface area (Å²) in [6, 6.07) is 12.4. The van der Waals surface area contributed by atoms with Gasteiger partial charge in [0.2, 0.25) is 5.91 Å². The maximum Gasteiger partial charge on any atom is 0.246 e. The molecular formula is C22H26N6O2. The fourth-order valence-corrected chi connectivity index (χ4v) is 3.70. The molecule has 1 aliphatic rings. The van der Waals surface area contributed by atoms with E-state index < -0.39 is 0 Å². The number of anilines is 1. The minimum absolute atomic E-state index is 0.0388. The molecule has 2 aromatic carbocycles. The van der Waals surface area contributed by atoms with Crippen LogP contribution in [0.1, 0.15) is 5.56 Å². The van der Waals surface area contributed by atoms with Crippen molar-refractivity contribution in [3.05, 3.63) is 54.4 Å². The lowest BCUT2D eigenvalue weighted by molar-refractivity contribution is -0.120. The number of carbonyl (C=O) groups excluding carboxylic acids is 1. The largest absolute Gasteiger partial charge is 0.497 e. The van der Waals surface area contributed by atoms with Gasteiger partial charge in [-0.2, -0.15) is 5.10 Å². The summed E-state index contributed by atoms with van der Waals surface area (Å²) >= 11 is 0. The highest BCUT2D eigenvalue weighted by molar-refractivity contribution is 5.98. The number of benzene rings is 2. The topological polar surface area (TPSA) is 75.0 Å². The van der Waals surface area contributed by atoms with Gasteiger partial charge in [0, 0.05) is 39.9 Å². The number of hydrogen-bond donors (Lipinski definition) is 1. The number of nitrogens with one attached hydrogen (secondary N) is 1. The van der Waals surface area contributed by atoms with Crippen LogP contribution in [0.4, 0.5) is 5.69 Å². The molecule has 4 rings (SSSR count). The van der Waals surface area contributed by atoms with Crippen molar-refractivity contribution in [1.29, 1.82) is 0 Å². The normalized spacial score (nSPS) is 15.0. The van der Waals surface area contributed by atoms with Gasteiger partial charge in [-0.15, -0.1) is 0 Å². The molecule has 156 valence electrons. The van der Waals surface area contributed by atoms with Crippen molar-refractivity contribution in [2.75, 3.05) is 38.7 Å². The van der Waals surface area contributed by atoms with E-state index in [1.165, 1.54) is 0 Å². The third kappa shape index (κ3) is 4.07. The minimum Gasteiger partial charge on any atom is -0.497 e. The average Bonchev–Trinajstić information content (AvgIpc) is 3.19. The van der Waals surface area contributed by atoms with Crippen molar-refractivity contribution < 1.29 is 9.53 Å². The molecule has 0 bridgehead atoms. The Morgan fingerprint density at radius 2 is 2.00 bits per heavy atom. The highest BCUT2D eigenvalue weighted by atomic mass is 16.5. The number of carbonyl (C=O) groups is 1. The van der Waals surface area contributed by atoms with Crippen LogP contribution < -0.4 is 15.0 Å². The molecule has 1 fully saturated rings. The summed E-state index contributed by atoms with van der Waals surface area (Å²) in [6.45, 7) is 2.22. The molecule has 1 N–H and O–H groups in total. The number of aliphatic imine (C=N–C) groups is 1. The standard InChI is InChI=1S/C22H26N6O2/c1-23-22(27-8-9-28(21(29)15-27)19-13-25-26(2)14-19)24-12-16-4-5-18-11-20(30-3)7-6-17(18)10-16/h4-7,10-11,13-14H,8-9,12,15H2,1-3H3,(H,23,24). The predicted molar refractivity (Wildman–Crippen MR) is 118 cm³/mol. The molecule has 0 aliphatic carbocycles. The third-order valence-electron chi connectivity index (χ3n) is 5.30. The maximum atomic E-state index is 12.7. The van der Waals surface area contributed by atoms with Crippen molar-refractivity contribution in [3.8, 4) is 5.75 Å². The Balaban J connectivity index is 1.39. The third-order valence-corrected chi connectivity index (χ3v) is 5.30. The zero-order valence-corrected chi connectivity index (χ0v) is 17.5. The molecular weight excluding hydrogens is 380 g/mol. The summed E-state index contributed by atoms with van der Waals surface area (Å²) in [5.41, 5.74) is 1.98. The number of aryl methyl sites for hydroxylation is 1. The number of hydrogen-bond acceptors (Lipinski definition) is 4. The van der Waals surface area contributed by atoms with E-state index >= 15 is 0 Å². The second-order valence-corrected chi connectivity index (χ2v) is 7.29. The SMILES string of the molecule is CN=C(NCc1ccc2cc(OC)ccc2c1)N1CCN(c2cnn(C)c2)C(=O)C1. The number of piperazine rings is 1. The van der Waals surface area contributed by atoms with Gasteiger partial charge >= 0.3 is 0 Å². The molecule has 1 saturated heterocycles. The van der Waals surface area contributed by atoms with Crippen LogP contribution in [-0.2, 0) is 18.4 Å². The van der Waals surface area contributed by atoms with Crippen LogP contribution in [0.3, 0.4) is 0 Å². The second-order valence-electron chi connectivity index (χ2n) is 7.29. The molecule has 1 aromatic heterocycles. The zero-order valence-electron chi connectivity index (χ0n) is 17.5. The van der Waals surface area contributed by atoms with Crippen molar-refractivity contribution in [3.63, 3.8) is 0 Å². The summed E-state index contributed by atoms with van der Waals surface area (Å²) in [5.74, 6) is 1.62. The first-order valence-electron chi connectivity index (χ1n) is 9.88. The number of aromatic nitrogens is 2. The molecule has 8 heteroatoms. The highest BCUT2D eigenvalue weighted by Crippen LogP contribution is 2.22. The molecule has 1 aliphatic heterocycles. The summed E-state index contributed by atoms with van der Waals surface area (Å²) < 4.78 is 6.99. The molecule has 1 amide bonds. The molecule has 0 radical (unpaired) electrons. The molecule has 30 heavy (non-hydrogen) atoms. The summed E-state index contributed by atoms with van der Waals surface area (Å²) in [6.07, 6.45) is 3.58. The highest BCUT2D eigenvalue weighted by Gasteiger charge is 2.27. The van der Waals surface area contributed by atoms with Gasteiger partial charge in [-0.3, -0.25) is 14.5 Å². The molecule has 0 saturated carbocycles. The Morgan fingerprint density at radius 3 is 2.70 bits per heavy atom. The summed E-state index contributed by atoms with van der Waals surface area (Å²) in [5, 5.41) is 9.84. The van der Waals surface area contributed by atoms with Crippen molar-refractivity contribution in [2.24, 2.45) is 12.0 Å². The summed E-state index contributed by atoms with van der Waals surface area (Å²) in [4.78, 5) is 20.8. The Labute approximate surface area is 175 Å². The van der Waals surface area contributed by atoms with Gasteiger partial charge in [0.05, 0.1) is 19.0 Å². The maximum absolute atomic E-state index is 12.7. The first-order chi connectivity index (χ1) is 14.6. The Hall–Kier alpha value is -3.55. The number of amides is 1. The molecule has 2 heterocycles. The van der Waals surface area contributed by atoms with E-state index in [1.807, 2.05) is 30.3 Å². The van der Waals surface area contributed by atoms with Gasteiger partial charge in [0.25, 0.3) is 0 Å². The van der Waals surface area contributed by atoms with Gasteiger partial charge in [-0.05, 0) is 34.5 Å². The molecule has 0 atom stereocenters. The van der Waals surface area contributed by atoms with Crippen LogP contribution in [0.15, 0.2) is 53.8 Å². The van der Waals surface area contributed by atoms with Gasteiger partial charge < -0.3 is 19.9 Å². The predicted octanol–water partition coefficient (Wildman–Crippen LogP) is 2.01. The van der Waals surface area contributed by atoms with Crippen LogP contribution in [0.5, 0.6) is 5.75 Å². The molecule has 8 nitrogen and oxygen atoms in total.